The fraction of sp³-hybridized carbons (Fsp3) is 0.550. The second kappa shape index (κ2) is 6.12. The molecule has 0 N–H and O–H groups in total. The quantitative estimate of drug-likeness (QED) is 0.743. The summed E-state index contributed by atoms with van der Waals surface area (Å²) in [5, 5.41) is 0. The van der Waals surface area contributed by atoms with Crippen molar-refractivity contribution in [3.05, 3.63) is 47.5 Å². The molecule has 4 aliphatic heterocycles. The minimum Gasteiger partial charge on any atom is -0.458 e. The van der Waals surface area contributed by atoms with Crippen molar-refractivity contribution in [2.75, 3.05) is 13.2 Å². The van der Waals surface area contributed by atoms with Gasteiger partial charge in [-0.25, -0.2) is 4.79 Å². The van der Waals surface area contributed by atoms with Crippen molar-refractivity contribution in [2.24, 2.45) is 0 Å². The zero-order valence-electron chi connectivity index (χ0n) is 15.3. The third-order valence-electron chi connectivity index (χ3n) is 5.40. The number of ether oxygens (including phenoxy) is 6. The first-order valence-corrected chi connectivity index (χ1v) is 9.18. The number of fused-ring (bicyclic) bond motifs is 4. The van der Waals surface area contributed by atoms with Crippen LogP contribution in [0.3, 0.4) is 0 Å². The topological polar surface area (TPSA) is 72.5 Å². The van der Waals surface area contributed by atoms with E-state index in [1.807, 2.05) is 44.2 Å². The molecule has 3 fully saturated rings. The zero-order valence-corrected chi connectivity index (χ0v) is 15.3. The summed E-state index contributed by atoms with van der Waals surface area (Å²) in [6.07, 6.45) is -0.283. The Morgan fingerprint density at radius 2 is 2.04 bits per heavy atom. The van der Waals surface area contributed by atoms with E-state index in [2.05, 4.69) is 0 Å². The minimum atomic E-state index is -1.20. The Labute approximate surface area is 157 Å². The third kappa shape index (κ3) is 2.65. The first kappa shape index (κ1) is 17.3. The van der Waals surface area contributed by atoms with Crippen molar-refractivity contribution in [1.29, 1.82) is 0 Å². The molecule has 7 heteroatoms. The van der Waals surface area contributed by atoms with Crippen molar-refractivity contribution in [3.8, 4) is 0 Å². The van der Waals surface area contributed by atoms with Crippen LogP contribution >= 0.6 is 0 Å². The van der Waals surface area contributed by atoms with Gasteiger partial charge in [0.05, 0.1) is 18.8 Å². The highest BCUT2D eigenvalue weighted by molar-refractivity contribution is 5.93. The Kier molecular flexibility index (Phi) is 3.93. The molecular formula is C20H22O7. The summed E-state index contributed by atoms with van der Waals surface area (Å²) in [7, 11) is 0. The average Bonchev–Trinajstić information content (AvgIpc) is 3.33. The highest BCUT2D eigenvalue weighted by Gasteiger charge is 2.71. The van der Waals surface area contributed by atoms with Crippen molar-refractivity contribution in [2.45, 2.75) is 56.4 Å². The maximum Gasteiger partial charge on any atom is 0.337 e. The van der Waals surface area contributed by atoms with Gasteiger partial charge >= 0.3 is 5.97 Å². The monoisotopic (exact) mass is 374 g/mol. The first-order chi connectivity index (χ1) is 13.0. The Bertz CT molecular complexity index is 774. The van der Waals surface area contributed by atoms with E-state index in [1.54, 1.807) is 6.08 Å². The number of rotatable bonds is 4. The largest absolute Gasteiger partial charge is 0.458 e. The standard InChI is InChI=1S/C20H22O7/c1-19(2)26-16-15(23-10-12-6-4-3-5-7-12)14-11-24-18(25-14)20(16,27-19)13-8-9-22-17(13)21/h3-8,14-16,18H,9-11H2,1-2H3/t14-,15+,16+,18-,20+/m1/s1. The fourth-order valence-corrected chi connectivity index (χ4v) is 4.36. The van der Waals surface area contributed by atoms with E-state index in [1.165, 1.54) is 0 Å². The molecule has 0 amide bonds. The van der Waals surface area contributed by atoms with Gasteiger partial charge in [0.25, 0.3) is 0 Å². The third-order valence-corrected chi connectivity index (χ3v) is 5.40. The second-order valence-electron chi connectivity index (χ2n) is 7.65. The second-order valence-corrected chi connectivity index (χ2v) is 7.65. The zero-order chi connectivity index (χ0) is 18.6. The van der Waals surface area contributed by atoms with Crippen molar-refractivity contribution < 1.29 is 33.2 Å². The Hall–Kier alpha value is -1.77. The molecule has 0 aromatic heterocycles. The SMILES string of the molecule is CC1(C)O[C@H]2[C@@H](OCc3ccccc3)[C@H]3CO[C@H](O3)[C@@]2(C2=CCOC2=O)O1. The van der Waals surface area contributed by atoms with Gasteiger partial charge in [0.1, 0.15) is 24.9 Å². The Morgan fingerprint density at radius 1 is 1.22 bits per heavy atom. The molecule has 2 bridgehead atoms. The molecule has 27 heavy (non-hydrogen) atoms. The molecule has 5 rings (SSSR count). The summed E-state index contributed by atoms with van der Waals surface area (Å²) in [6.45, 7) is 4.59. The lowest BCUT2D eigenvalue weighted by atomic mass is 9.81. The van der Waals surface area contributed by atoms with E-state index in [4.69, 9.17) is 28.4 Å². The van der Waals surface area contributed by atoms with E-state index in [0.717, 1.165) is 5.56 Å². The number of hydrogen-bond acceptors (Lipinski definition) is 7. The molecular weight excluding hydrogens is 352 g/mol. The molecule has 0 saturated carbocycles. The molecule has 0 aliphatic carbocycles. The normalized spacial score (nSPS) is 39.2. The predicted octanol–water partition coefficient (Wildman–Crippen LogP) is 1.70. The fourth-order valence-electron chi connectivity index (χ4n) is 4.36. The summed E-state index contributed by atoms with van der Waals surface area (Å²) >= 11 is 0. The summed E-state index contributed by atoms with van der Waals surface area (Å²) in [5.41, 5.74) is 0.226. The van der Waals surface area contributed by atoms with Crippen molar-refractivity contribution >= 4 is 5.97 Å². The van der Waals surface area contributed by atoms with Gasteiger partial charge in [-0.15, -0.1) is 0 Å². The molecule has 144 valence electrons. The molecule has 1 aromatic carbocycles. The summed E-state index contributed by atoms with van der Waals surface area (Å²) in [4.78, 5) is 12.4. The smallest absolute Gasteiger partial charge is 0.337 e. The van der Waals surface area contributed by atoms with E-state index < -0.39 is 35.9 Å². The maximum atomic E-state index is 12.4. The van der Waals surface area contributed by atoms with Gasteiger partial charge in [0, 0.05) is 0 Å². The molecule has 4 aliphatic rings. The van der Waals surface area contributed by atoms with Crippen LogP contribution in [-0.2, 0) is 39.8 Å². The van der Waals surface area contributed by atoms with Crippen LogP contribution in [0.15, 0.2) is 42.0 Å². The summed E-state index contributed by atoms with van der Waals surface area (Å²) in [6, 6.07) is 9.89. The minimum absolute atomic E-state index is 0.206. The van der Waals surface area contributed by atoms with Gasteiger partial charge in [-0.2, -0.15) is 0 Å². The van der Waals surface area contributed by atoms with E-state index in [-0.39, 0.29) is 12.7 Å². The maximum absolute atomic E-state index is 12.4. The molecule has 4 heterocycles. The lowest BCUT2D eigenvalue weighted by molar-refractivity contribution is -0.245. The van der Waals surface area contributed by atoms with Crippen molar-refractivity contribution in [3.63, 3.8) is 0 Å². The predicted molar refractivity (Wildman–Crippen MR) is 91.4 cm³/mol. The van der Waals surface area contributed by atoms with Gasteiger partial charge in [0.2, 0.25) is 0 Å². The van der Waals surface area contributed by atoms with Crippen LogP contribution in [-0.4, -0.2) is 55.2 Å². The van der Waals surface area contributed by atoms with Gasteiger partial charge < -0.3 is 28.4 Å². The summed E-state index contributed by atoms with van der Waals surface area (Å²) in [5.74, 6) is -1.35. The molecule has 0 spiro atoms. The number of carbonyl (C=O) groups is 1. The average molecular weight is 374 g/mol. The molecule has 0 radical (unpaired) electrons. The van der Waals surface area contributed by atoms with E-state index >= 15 is 0 Å². The van der Waals surface area contributed by atoms with Crippen LogP contribution < -0.4 is 0 Å². The lowest BCUT2D eigenvalue weighted by Crippen LogP contribution is -2.63. The molecule has 3 saturated heterocycles. The van der Waals surface area contributed by atoms with E-state index in [0.29, 0.717) is 18.8 Å². The highest BCUT2D eigenvalue weighted by atomic mass is 16.8. The van der Waals surface area contributed by atoms with Crippen LogP contribution in [0.4, 0.5) is 0 Å². The van der Waals surface area contributed by atoms with Crippen LogP contribution in [0.2, 0.25) is 0 Å². The number of carbonyl (C=O) groups excluding carboxylic acids is 1. The van der Waals surface area contributed by atoms with Crippen LogP contribution in [0.25, 0.3) is 0 Å². The lowest BCUT2D eigenvalue weighted by Gasteiger charge is -2.43. The first-order valence-electron chi connectivity index (χ1n) is 9.18. The Morgan fingerprint density at radius 3 is 2.78 bits per heavy atom. The van der Waals surface area contributed by atoms with Crippen LogP contribution in [0.1, 0.15) is 19.4 Å². The summed E-state index contributed by atoms with van der Waals surface area (Å²) < 4.78 is 35.9. The highest BCUT2D eigenvalue weighted by Crippen LogP contribution is 2.53. The van der Waals surface area contributed by atoms with E-state index in [9.17, 15) is 4.79 Å². The molecule has 5 atom stereocenters. The Balaban J connectivity index is 1.50. The van der Waals surface area contributed by atoms with Gasteiger partial charge in [0.15, 0.2) is 17.7 Å². The molecule has 1 aromatic rings. The number of cyclic esters (lactones) is 1. The van der Waals surface area contributed by atoms with Gasteiger partial charge in [-0.1, -0.05) is 30.3 Å². The molecule has 0 unspecified atom stereocenters. The number of hydrogen-bond donors (Lipinski definition) is 0. The van der Waals surface area contributed by atoms with Gasteiger partial charge in [-0.3, -0.25) is 0 Å². The van der Waals surface area contributed by atoms with Crippen molar-refractivity contribution in [1.82, 2.24) is 0 Å². The van der Waals surface area contributed by atoms with Gasteiger partial charge in [-0.05, 0) is 25.5 Å². The molecule has 7 nitrogen and oxygen atoms in total. The van der Waals surface area contributed by atoms with Crippen LogP contribution in [0, 0.1) is 0 Å². The van der Waals surface area contributed by atoms with Crippen LogP contribution in [0.5, 0.6) is 0 Å². The number of benzene rings is 1. The number of esters is 1.